The molecule has 0 unspecified atom stereocenters. The summed E-state index contributed by atoms with van der Waals surface area (Å²) >= 11 is 5.64. The number of hydrogen-bond acceptors (Lipinski definition) is 4. The van der Waals surface area contributed by atoms with Gasteiger partial charge in [0.2, 0.25) is 0 Å². The van der Waals surface area contributed by atoms with Crippen LogP contribution in [-0.4, -0.2) is 27.0 Å². The van der Waals surface area contributed by atoms with Gasteiger partial charge in [0.1, 0.15) is 10.8 Å². The highest BCUT2D eigenvalue weighted by Crippen LogP contribution is 2.05. The SMILES string of the molecule is O=C(O)c1ccc(CNC(=O)c2cncc(Cl)n2)cc1. The predicted molar refractivity (Wildman–Crippen MR) is 71.6 cm³/mol. The van der Waals surface area contributed by atoms with Gasteiger partial charge < -0.3 is 10.4 Å². The molecule has 1 amide bonds. The van der Waals surface area contributed by atoms with Crippen LogP contribution in [0.5, 0.6) is 0 Å². The highest BCUT2D eigenvalue weighted by Gasteiger charge is 2.08. The Balaban J connectivity index is 1.98. The molecule has 0 aliphatic carbocycles. The normalized spacial score (nSPS) is 10.1. The molecular formula is C13H10ClN3O3. The van der Waals surface area contributed by atoms with Gasteiger partial charge in [0.15, 0.2) is 0 Å². The maximum absolute atomic E-state index is 11.8. The number of amides is 1. The molecule has 0 saturated heterocycles. The molecule has 0 atom stereocenters. The number of benzene rings is 1. The van der Waals surface area contributed by atoms with Crippen LogP contribution in [-0.2, 0) is 6.54 Å². The van der Waals surface area contributed by atoms with Gasteiger partial charge in [-0.15, -0.1) is 0 Å². The topological polar surface area (TPSA) is 92.2 Å². The van der Waals surface area contributed by atoms with Crippen molar-refractivity contribution in [3.63, 3.8) is 0 Å². The lowest BCUT2D eigenvalue weighted by molar-refractivity contribution is 0.0696. The standard InChI is InChI=1S/C13H10ClN3O3/c14-11-7-15-6-10(17-11)12(18)16-5-8-1-3-9(4-2-8)13(19)20/h1-4,6-7H,5H2,(H,16,18)(H,19,20). The first-order chi connectivity index (χ1) is 9.56. The minimum atomic E-state index is -0.991. The van der Waals surface area contributed by atoms with Crippen molar-refractivity contribution < 1.29 is 14.7 Å². The van der Waals surface area contributed by atoms with Crippen LogP contribution in [0.3, 0.4) is 0 Å². The fourth-order valence-corrected chi connectivity index (χ4v) is 1.64. The summed E-state index contributed by atoms with van der Waals surface area (Å²) in [7, 11) is 0. The van der Waals surface area contributed by atoms with Gasteiger partial charge in [0.05, 0.1) is 18.0 Å². The molecule has 2 rings (SSSR count). The van der Waals surface area contributed by atoms with Crippen LogP contribution < -0.4 is 5.32 Å². The molecule has 1 aromatic heterocycles. The van der Waals surface area contributed by atoms with Crippen molar-refractivity contribution in [2.45, 2.75) is 6.54 Å². The van der Waals surface area contributed by atoms with Crippen molar-refractivity contribution in [3.05, 3.63) is 58.6 Å². The highest BCUT2D eigenvalue weighted by atomic mass is 35.5. The molecular weight excluding hydrogens is 282 g/mol. The average Bonchev–Trinajstić information content (AvgIpc) is 2.45. The third kappa shape index (κ3) is 3.52. The lowest BCUT2D eigenvalue weighted by Gasteiger charge is -2.05. The molecule has 0 aliphatic heterocycles. The average molecular weight is 292 g/mol. The second-order valence-corrected chi connectivity index (χ2v) is 4.30. The van der Waals surface area contributed by atoms with Gasteiger partial charge in [-0.25, -0.2) is 9.78 Å². The fourth-order valence-electron chi connectivity index (χ4n) is 1.49. The zero-order valence-corrected chi connectivity index (χ0v) is 11.0. The first-order valence-electron chi connectivity index (χ1n) is 5.64. The molecule has 20 heavy (non-hydrogen) atoms. The Labute approximate surface area is 119 Å². The third-order valence-corrected chi connectivity index (χ3v) is 2.67. The first kappa shape index (κ1) is 14.0. The fraction of sp³-hybridized carbons (Fsp3) is 0.0769. The number of nitrogens with one attached hydrogen (secondary N) is 1. The van der Waals surface area contributed by atoms with Crippen LogP contribution in [0, 0.1) is 0 Å². The number of halogens is 1. The van der Waals surface area contributed by atoms with Crippen LogP contribution in [0.2, 0.25) is 5.15 Å². The van der Waals surface area contributed by atoms with Crippen molar-refractivity contribution in [3.8, 4) is 0 Å². The van der Waals surface area contributed by atoms with Crippen LogP contribution in [0.15, 0.2) is 36.7 Å². The number of carbonyl (C=O) groups excluding carboxylic acids is 1. The van der Waals surface area contributed by atoms with E-state index in [1.807, 2.05) is 0 Å². The molecule has 2 N–H and O–H groups in total. The van der Waals surface area contributed by atoms with Gasteiger partial charge in [-0.2, -0.15) is 0 Å². The number of aromatic carboxylic acids is 1. The summed E-state index contributed by atoms with van der Waals surface area (Å²) in [6, 6.07) is 6.22. The van der Waals surface area contributed by atoms with Gasteiger partial charge in [0.25, 0.3) is 5.91 Å². The Morgan fingerprint density at radius 1 is 1.20 bits per heavy atom. The van der Waals surface area contributed by atoms with Gasteiger partial charge in [-0.05, 0) is 17.7 Å². The molecule has 7 heteroatoms. The van der Waals surface area contributed by atoms with E-state index in [1.165, 1.54) is 24.5 Å². The minimum Gasteiger partial charge on any atom is -0.478 e. The zero-order valence-electron chi connectivity index (χ0n) is 10.2. The summed E-state index contributed by atoms with van der Waals surface area (Å²) < 4.78 is 0. The van der Waals surface area contributed by atoms with Gasteiger partial charge in [-0.3, -0.25) is 9.78 Å². The van der Waals surface area contributed by atoms with Crippen LogP contribution in [0.25, 0.3) is 0 Å². The Morgan fingerprint density at radius 3 is 2.50 bits per heavy atom. The van der Waals surface area contributed by atoms with Crippen molar-refractivity contribution in [2.24, 2.45) is 0 Å². The van der Waals surface area contributed by atoms with Crippen molar-refractivity contribution in [1.29, 1.82) is 0 Å². The highest BCUT2D eigenvalue weighted by molar-refractivity contribution is 6.29. The summed E-state index contributed by atoms with van der Waals surface area (Å²) in [6.07, 6.45) is 2.65. The number of aromatic nitrogens is 2. The van der Waals surface area contributed by atoms with E-state index < -0.39 is 11.9 Å². The lowest BCUT2D eigenvalue weighted by atomic mass is 10.1. The number of rotatable bonds is 4. The maximum atomic E-state index is 11.8. The van der Waals surface area contributed by atoms with E-state index in [0.717, 1.165) is 5.56 Å². The smallest absolute Gasteiger partial charge is 0.335 e. The number of carboxylic acids is 1. The molecule has 0 bridgehead atoms. The van der Waals surface area contributed by atoms with Gasteiger partial charge in [-0.1, -0.05) is 23.7 Å². The van der Waals surface area contributed by atoms with Crippen molar-refractivity contribution >= 4 is 23.5 Å². The molecule has 0 saturated carbocycles. The number of hydrogen-bond donors (Lipinski definition) is 2. The largest absolute Gasteiger partial charge is 0.478 e. The number of nitrogens with zero attached hydrogens (tertiary/aromatic N) is 2. The molecule has 6 nitrogen and oxygen atoms in total. The van der Waals surface area contributed by atoms with Crippen molar-refractivity contribution in [1.82, 2.24) is 15.3 Å². The van der Waals surface area contributed by atoms with E-state index in [1.54, 1.807) is 12.1 Å². The number of carbonyl (C=O) groups is 2. The molecule has 0 fully saturated rings. The molecule has 102 valence electrons. The lowest BCUT2D eigenvalue weighted by Crippen LogP contribution is -2.24. The van der Waals surface area contributed by atoms with Crippen molar-refractivity contribution in [2.75, 3.05) is 0 Å². The Kier molecular flexibility index (Phi) is 4.27. The molecule has 0 radical (unpaired) electrons. The predicted octanol–water partition coefficient (Wildman–Crippen LogP) is 1.76. The Bertz CT molecular complexity index is 644. The summed E-state index contributed by atoms with van der Waals surface area (Å²) in [5.74, 6) is -1.39. The third-order valence-electron chi connectivity index (χ3n) is 2.49. The number of carboxylic acid groups (broad SMARTS) is 1. The second-order valence-electron chi connectivity index (χ2n) is 3.91. The Morgan fingerprint density at radius 2 is 1.90 bits per heavy atom. The van der Waals surface area contributed by atoms with Gasteiger partial charge in [0, 0.05) is 6.54 Å². The summed E-state index contributed by atoms with van der Waals surface area (Å²) in [6.45, 7) is 0.257. The van der Waals surface area contributed by atoms with E-state index in [0.29, 0.717) is 0 Å². The summed E-state index contributed by atoms with van der Waals surface area (Å²) in [4.78, 5) is 30.1. The quantitative estimate of drug-likeness (QED) is 0.895. The first-order valence-corrected chi connectivity index (χ1v) is 6.02. The van der Waals surface area contributed by atoms with Crippen LogP contribution in [0.1, 0.15) is 26.4 Å². The van der Waals surface area contributed by atoms with Gasteiger partial charge >= 0.3 is 5.97 Å². The Hall–Kier alpha value is -2.47. The van der Waals surface area contributed by atoms with E-state index in [2.05, 4.69) is 15.3 Å². The van der Waals surface area contributed by atoms with E-state index in [-0.39, 0.29) is 23.0 Å². The molecule has 1 aromatic carbocycles. The molecule has 0 spiro atoms. The van der Waals surface area contributed by atoms with E-state index in [4.69, 9.17) is 16.7 Å². The summed E-state index contributed by atoms with van der Waals surface area (Å²) in [5, 5.41) is 11.6. The van der Waals surface area contributed by atoms with E-state index in [9.17, 15) is 9.59 Å². The maximum Gasteiger partial charge on any atom is 0.335 e. The second kappa shape index (κ2) is 6.12. The molecule has 2 aromatic rings. The minimum absolute atomic E-state index is 0.125. The monoisotopic (exact) mass is 291 g/mol. The van der Waals surface area contributed by atoms with E-state index >= 15 is 0 Å². The molecule has 1 heterocycles. The summed E-state index contributed by atoms with van der Waals surface area (Å²) in [5.41, 5.74) is 1.10. The van der Waals surface area contributed by atoms with Crippen LogP contribution in [0.4, 0.5) is 0 Å². The van der Waals surface area contributed by atoms with Crippen LogP contribution >= 0.6 is 11.6 Å². The zero-order chi connectivity index (χ0) is 14.5. The molecule has 0 aliphatic rings.